The van der Waals surface area contributed by atoms with Gasteiger partial charge in [0, 0.05) is 24.1 Å². The van der Waals surface area contributed by atoms with E-state index in [1.807, 2.05) is 35.9 Å². The van der Waals surface area contributed by atoms with E-state index in [0.717, 1.165) is 9.88 Å². The summed E-state index contributed by atoms with van der Waals surface area (Å²) in [6.07, 6.45) is 0. The van der Waals surface area contributed by atoms with E-state index >= 15 is 0 Å². The quantitative estimate of drug-likeness (QED) is 0.327. The van der Waals surface area contributed by atoms with E-state index in [1.54, 1.807) is 53.7 Å². The molecule has 1 amide bonds. The number of nitrogens with zero attached hydrogens (tertiary/aromatic N) is 2. The van der Waals surface area contributed by atoms with Crippen LogP contribution in [0.15, 0.2) is 76.3 Å². The van der Waals surface area contributed by atoms with Gasteiger partial charge in [0.15, 0.2) is 0 Å². The second-order valence-corrected chi connectivity index (χ2v) is 11.1. The molecule has 0 radical (unpaired) electrons. The Morgan fingerprint density at radius 2 is 1.83 bits per heavy atom. The maximum atomic E-state index is 13.2. The number of anilines is 1. The minimum atomic E-state index is -4.08. The first-order chi connectivity index (χ1) is 16.7. The molecule has 0 aliphatic heterocycles. The van der Waals surface area contributed by atoms with E-state index in [9.17, 15) is 13.2 Å². The number of carbonyl (C=O) groups excluding carboxylic acids is 1. The summed E-state index contributed by atoms with van der Waals surface area (Å²) in [6.45, 7) is 3.36. The number of aromatic nitrogens is 1. The summed E-state index contributed by atoms with van der Waals surface area (Å²) in [5, 5.41) is 4.72. The summed E-state index contributed by atoms with van der Waals surface area (Å²) >= 11 is 3.05. The molecule has 0 aliphatic carbocycles. The van der Waals surface area contributed by atoms with Gasteiger partial charge < -0.3 is 4.74 Å². The first-order valence-corrected chi connectivity index (χ1v) is 13.6. The number of thiazole rings is 1. The Balaban J connectivity index is 1.93. The van der Waals surface area contributed by atoms with Crippen LogP contribution in [-0.2, 0) is 24.7 Å². The van der Waals surface area contributed by atoms with Crippen LogP contribution >= 0.6 is 22.7 Å². The normalized spacial score (nSPS) is 13.3. The number of amides is 1. The van der Waals surface area contributed by atoms with Gasteiger partial charge in [-0.25, -0.2) is 4.98 Å². The van der Waals surface area contributed by atoms with Gasteiger partial charge in [0.1, 0.15) is 16.3 Å². The zero-order chi connectivity index (χ0) is 25.2. The molecule has 182 valence electrons. The molecular weight excluding hydrogens is 506 g/mol. The van der Waals surface area contributed by atoms with Gasteiger partial charge in [-0.2, -0.15) is 18.6 Å². The first-order valence-electron chi connectivity index (χ1n) is 10.4. The third kappa shape index (κ3) is 4.73. The fraction of sp³-hybridized carbons (Fsp3) is 0.167. The molecule has 2 aromatic carbocycles. The van der Waals surface area contributed by atoms with Crippen LogP contribution in [0, 0.1) is 0 Å². The number of hydrogen-bond donors (Lipinski definition) is 1. The molecule has 2 aromatic heterocycles. The zero-order valence-electron chi connectivity index (χ0n) is 19.2. The molecule has 2 N–H and O–H groups in total. The number of hydrogen-bond acceptors (Lipinski definition) is 9. The van der Waals surface area contributed by atoms with Crippen molar-refractivity contribution < 1.29 is 22.2 Å². The zero-order valence-corrected chi connectivity index (χ0v) is 21.6. The molecule has 0 saturated carbocycles. The molecule has 0 unspecified atom stereocenters. The maximum Gasteiger partial charge on any atom is 0.312 e. The van der Waals surface area contributed by atoms with Crippen molar-refractivity contribution in [3.63, 3.8) is 0 Å². The molecule has 0 spiro atoms. The Labute approximate surface area is 211 Å². The summed E-state index contributed by atoms with van der Waals surface area (Å²) in [5.41, 5.74) is 0.798. The van der Waals surface area contributed by atoms with Crippen LogP contribution in [0.3, 0.4) is 0 Å². The molecule has 2 heterocycles. The predicted octanol–water partition coefficient (Wildman–Crippen LogP) is 4.78. The highest BCUT2D eigenvalue weighted by Gasteiger charge is 2.41. The third-order valence-electron chi connectivity index (χ3n) is 5.64. The van der Waals surface area contributed by atoms with Crippen molar-refractivity contribution in [1.82, 2.24) is 4.98 Å². The van der Waals surface area contributed by atoms with E-state index in [4.69, 9.17) is 15.6 Å². The van der Waals surface area contributed by atoms with Crippen LogP contribution in [0.1, 0.15) is 25.1 Å². The minimum absolute atomic E-state index is 0.0978. The monoisotopic (exact) mass is 529 g/mol. The van der Waals surface area contributed by atoms with E-state index in [1.165, 1.54) is 30.4 Å². The molecule has 0 bridgehead atoms. The molecule has 4 rings (SSSR count). The van der Waals surface area contributed by atoms with Crippen molar-refractivity contribution in [3.8, 4) is 15.6 Å². The molecule has 35 heavy (non-hydrogen) atoms. The van der Waals surface area contributed by atoms with Gasteiger partial charge in [0.25, 0.3) is 0 Å². The van der Waals surface area contributed by atoms with Crippen LogP contribution in [-0.4, -0.2) is 26.4 Å². The van der Waals surface area contributed by atoms with E-state index in [2.05, 4.69) is 4.28 Å². The molecule has 8 nitrogen and oxygen atoms in total. The van der Waals surface area contributed by atoms with Gasteiger partial charge in [-0.05, 0) is 48.2 Å². The SMILES string of the molecule is COc1cccc(N(C(C)=O)[C@@](C)(c2ccc(S(=O)(=O)ON)cc2)c2csc(-c3cccs3)n2)c1. The van der Waals surface area contributed by atoms with Crippen LogP contribution < -0.4 is 15.5 Å². The molecule has 1 atom stereocenters. The van der Waals surface area contributed by atoms with Gasteiger partial charge in [0.05, 0.1) is 22.6 Å². The van der Waals surface area contributed by atoms with Crippen molar-refractivity contribution >= 4 is 44.4 Å². The maximum absolute atomic E-state index is 13.2. The van der Waals surface area contributed by atoms with E-state index in [0.29, 0.717) is 22.7 Å². The lowest BCUT2D eigenvalue weighted by atomic mass is 9.86. The van der Waals surface area contributed by atoms with Crippen molar-refractivity contribution in [1.29, 1.82) is 0 Å². The second-order valence-electron chi connectivity index (χ2n) is 7.72. The van der Waals surface area contributed by atoms with Crippen LogP contribution in [0.25, 0.3) is 9.88 Å². The van der Waals surface area contributed by atoms with Gasteiger partial charge in [-0.1, -0.05) is 24.3 Å². The molecule has 11 heteroatoms. The van der Waals surface area contributed by atoms with Gasteiger partial charge in [-0.15, -0.1) is 22.7 Å². The van der Waals surface area contributed by atoms with Crippen molar-refractivity contribution in [2.45, 2.75) is 24.3 Å². The Bertz CT molecular complexity index is 1430. The highest BCUT2D eigenvalue weighted by Crippen LogP contribution is 2.42. The summed E-state index contributed by atoms with van der Waals surface area (Å²) in [6, 6.07) is 17.2. The van der Waals surface area contributed by atoms with Crippen molar-refractivity contribution in [2.75, 3.05) is 12.0 Å². The predicted molar refractivity (Wildman–Crippen MR) is 137 cm³/mol. The highest BCUT2D eigenvalue weighted by molar-refractivity contribution is 7.86. The molecule has 0 saturated heterocycles. The Kier molecular flexibility index (Phi) is 7.06. The number of nitrogens with two attached hydrogens (primary N) is 1. The van der Waals surface area contributed by atoms with Crippen LogP contribution in [0.2, 0.25) is 0 Å². The first kappa shape index (κ1) is 25.0. The Morgan fingerprint density at radius 3 is 2.43 bits per heavy atom. The van der Waals surface area contributed by atoms with Gasteiger partial charge >= 0.3 is 10.1 Å². The van der Waals surface area contributed by atoms with Crippen molar-refractivity contribution in [3.05, 3.63) is 82.7 Å². The molecule has 0 fully saturated rings. The molecule has 4 aromatic rings. The minimum Gasteiger partial charge on any atom is -0.497 e. The topological polar surface area (TPSA) is 112 Å². The third-order valence-corrected chi connectivity index (χ3v) is 8.62. The average Bonchev–Trinajstić information content (AvgIpc) is 3.56. The largest absolute Gasteiger partial charge is 0.497 e. The van der Waals surface area contributed by atoms with Gasteiger partial charge in [-0.3, -0.25) is 9.69 Å². The fourth-order valence-electron chi connectivity index (χ4n) is 3.91. The fourth-order valence-corrected chi connectivity index (χ4v) is 6.23. The Hall–Kier alpha value is -3.09. The lowest BCUT2D eigenvalue weighted by Crippen LogP contribution is -2.48. The summed E-state index contributed by atoms with van der Waals surface area (Å²) < 4.78 is 33.7. The lowest BCUT2D eigenvalue weighted by Gasteiger charge is -2.40. The summed E-state index contributed by atoms with van der Waals surface area (Å²) in [5.74, 6) is 5.30. The number of carbonyl (C=O) groups is 1. The second kappa shape index (κ2) is 9.88. The van der Waals surface area contributed by atoms with Crippen LogP contribution in [0.5, 0.6) is 5.75 Å². The number of benzene rings is 2. The highest BCUT2D eigenvalue weighted by atomic mass is 32.2. The summed E-state index contributed by atoms with van der Waals surface area (Å²) in [4.78, 5) is 20.6. The average molecular weight is 530 g/mol. The number of thiophene rings is 1. The summed E-state index contributed by atoms with van der Waals surface area (Å²) in [7, 11) is -2.52. The Morgan fingerprint density at radius 1 is 1.09 bits per heavy atom. The smallest absolute Gasteiger partial charge is 0.312 e. The van der Waals surface area contributed by atoms with E-state index < -0.39 is 15.7 Å². The lowest BCUT2D eigenvalue weighted by molar-refractivity contribution is -0.117. The number of ether oxygens (including phenoxy) is 1. The van der Waals surface area contributed by atoms with E-state index in [-0.39, 0.29) is 10.8 Å². The van der Waals surface area contributed by atoms with Crippen molar-refractivity contribution in [2.24, 2.45) is 5.90 Å². The molecular formula is C24H23N3O5S3. The molecule has 0 aliphatic rings. The number of methoxy groups -OCH3 is 1. The standard InChI is InChI=1S/C24H23N3O5S3/c1-16(28)27(18-6-4-7-19(14-18)31-3)24(2,17-9-11-20(12-10-17)35(29,30)32-25)22-15-34-23(26-22)21-8-5-13-33-21/h4-15H,25H2,1-3H3/t24-/m0/s1. The van der Waals surface area contributed by atoms with Crippen LogP contribution in [0.4, 0.5) is 5.69 Å². The van der Waals surface area contributed by atoms with Gasteiger partial charge in [0.2, 0.25) is 5.91 Å². The number of rotatable bonds is 8.